The fourth-order valence-corrected chi connectivity index (χ4v) is 4.42. The highest BCUT2D eigenvalue weighted by molar-refractivity contribution is 5.80. The number of nitrogens with zero attached hydrogens (tertiary/aromatic N) is 1. The van der Waals surface area contributed by atoms with Crippen LogP contribution in [0.4, 0.5) is 5.69 Å². The lowest BCUT2D eigenvalue weighted by atomic mass is 9.92. The third-order valence-corrected chi connectivity index (χ3v) is 5.90. The zero-order valence-electron chi connectivity index (χ0n) is 16.5. The molecule has 0 bridgehead atoms. The van der Waals surface area contributed by atoms with Crippen molar-refractivity contribution < 1.29 is 9.53 Å². The quantitative estimate of drug-likeness (QED) is 0.839. The van der Waals surface area contributed by atoms with E-state index in [9.17, 15) is 4.79 Å². The summed E-state index contributed by atoms with van der Waals surface area (Å²) in [5, 5.41) is 7.15. The van der Waals surface area contributed by atoms with E-state index < -0.39 is 0 Å². The van der Waals surface area contributed by atoms with Gasteiger partial charge in [-0.15, -0.1) is 0 Å². The molecule has 2 aliphatic rings. The monoisotopic (exact) mass is 379 g/mol. The van der Waals surface area contributed by atoms with E-state index in [1.165, 1.54) is 11.3 Å². The summed E-state index contributed by atoms with van der Waals surface area (Å²) >= 11 is 0. The van der Waals surface area contributed by atoms with Crippen molar-refractivity contribution >= 4 is 11.6 Å². The summed E-state index contributed by atoms with van der Waals surface area (Å²) in [5.74, 6) is 0.972. The Bertz CT molecular complexity index is 823. The predicted molar refractivity (Wildman–Crippen MR) is 112 cm³/mol. The molecule has 0 saturated carbocycles. The molecule has 4 rings (SSSR count). The largest absolute Gasteiger partial charge is 0.496 e. The lowest BCUT2D eigenvalue weighted by molar-refractivity contribution is -0.133. The smallest absolute Gasteiger partial charge is 0.227 e. The maximum absolute atomic E-state index is 13.1. The number of rotatable bonds is 5. The summed E-state index contributed by atoms with van der Waals surface area (Å²) in [6.45, 7) is 2.48. The average molecular weight is 380 g/mol. The van der Waals surface area contributed by atoms with E-state index in [4.69, 9.17) is 4.74 Å². The summed E-state index contributed by atoms with van der Waals surface area (Å²) in [6.07, 6.45) is 3.58. The first-order valence-electron chi connectivity index (χ1n) is 10.2. The molecule has 1 amide bonds. The predicted octanol–water partition coefficient (Wildman–Crippen LogP) is 2.86. The number of hydrogen-bond acceptors (Lipinski definition) is 4. The van der Waals surface area contributed by atoms with Gasteiger partial charge in [0.25, 0.3) is 0 Å². The number of amides is 1. The van der Waals surface area contributed by atoms with Crippen LogP contribution in [0, 0.1) is 0 Å². The molecule has 0 aromatic heterocycles. The fourth-order valence-electron chi connectivity index (χ4n) is 4.42. The van der Waals surface area contributed by atoms with Crippen LogP contribution in [0.1, 0.15) is 24.0 Å². The molecule has 0 aliphatic carbocycles. The van der Waals surface area contributed by atoms with E-state index in [1.807, 2.05) is 24.3 Å². The minimum atomic E-state index is 0.187. The minimum absolute atomic E-state index is 0.187. The highest BCUT2D eigenvalue weighted by Crippen LogP contribution is 2.27. The number of anilines is 1. The molecular weight excluding hydrogens is 350 g/mol. The summed E-state index contributed by atoms with van der Waals surface area (Å²) in [7, 11) is 1.66. The van der Waals surface area contributed by atoms with Gasteiger partial charge in [0, 0.05) is 43.0 Å². The van der Waals surface area contributed by atoms with Gasteiger partial charge in [-0.25, -0.2) is 0 Å². The van der Waals surface area contributed by atoms with Gasteiger partial charge in [0.1, 0.15) is 5.75 Å². The molecule has 0 radical (unpaired) electrons. The second-order valence-electron chi connectivity index (χ2n) is 7.71. The van der Waals surface area contributed by atoms with E-state index in [2.05, 4.69) is 39.8 Å². The number of fused-ring (bicyclic) bond motifs is 1. The van der Waals surface area contributed by atoms with Crippen LogP contribution in [-0.4, -0.2) is 49.6 Å². The Morgan fingerprint density at radius 3 is 2.89 bits per heavy atom. The lowest BCUT2D eigenvalue weighted by Crippen LogP contribution is -2.55. The van der Waals surface area contributed by atoms with Crippen molar-refractivity contribution in [2.75, 3.05) is 32.1 Å². The normalized spacial score (nSPS) is 21.5. The van der Waals surface area contributed by atoms with Gasteiger partial charge >= 0.3 is 0 Å². The maximum atomic E-state index is 13.1. The van der Waals surface area contributed by atoms with Crippen LogP contribution < -0.4 is 15.4 Å². The van der Waals surface area contributed by atoms with Crippen LogP contribution in [0.3, 0.4) is 0 Å². The van der Waals surface area contributed by atoms with Gasteiger partial charge in [-0.3, -0.25) is 4.79 Å². The Hall–Kier alpha value is -2.53. The number of nitrogens with one attached hydrogen (secondary N) is 2. The summed E-state index contributed by atoms with van der Waals surface area (Å²) in [6, 6.07) is 17.0. The van der Waals surface area contributed by atoms with E-state index in [0.29, 0.717) is 12.5 Å². The van der Waals surface area contributed by atoms with E-state index in [-0.39, 0.29) is 11.9 Å². The first-order chi connectivity index (χ1) is 13.7. The molecule has 2 atom stereocenters. The Morgan fingerprint density at radius 1 is 1.18 bits per heavy atom. The van der Waals surface area contributed by atoms with Crippen molar-refractivity contribution in [3.05, 3.63) is 59.7 Å². The zero-order chi connectivity index (χ0) is 19.3. The number of piperazine rings is 1. The van der Waals surface area contributed by atoms with Crippen LogP contribution in [0.15, 0.2) is 48.5 Å². The molecule has 2 aromatic rings. The van der Waals surface area contributed by atoms with E-state index in [1.54, 1.807) is 7.11 Å². The van der Waals surface area contributed by atoms with Gasteiger partial charge < -0.3 is 20.3 Å². The topological polar surface area (TPSA) is 53.6 Å². The fraction of sp³-hybridized carbons (Fsp3) is 0.435. The van der Waals surface area contributed by atoms with Gasteiger partial charge in [0.05, 0.1) is 13.5 Å². The second-order valence-corrected chi connectivity index (χ2v) is 7.71. The van der Waals surface area contributed by atoms with Gasteiger partial charge in [0.15, 0.2) is 0 Å². The Morgan fingerprint density at radius 2 is 2.00 bits per heavy atom. The molecule has 0 spiro atoms. The highest BCUT2D eigenvalue weighted by Gasteiger charge is 2.30. The molecule has 2 aliphatic heterocycles. The average Bonchev–Trinajstić information content (AvgIpc) is 2.74. The second kappa shape index (κ2) is 8.65. The molecule has 2 N–H and O–H groups in total. The minimum Gasteiger partial charge on any atom is -0.496 e. The molecule has 2 aromatic carbocycles. The number of para-hydroxylation sites is 2. The number of carbonyl (C=O) groups excluding carboxylic acids is 1. The lowest BCUT2D eigenvalue weighted by Gasteiger charge is -2.39. The van der Waals surface area contributed by atoms with Crippen LogP contribution in [0.2, 0.25) is 0 Å². The molecular formula is C23H29N3O2. The van der Waals surface area contributed by atoms with Gasteiger partial charge in [0.2, 0.25) is 5.91 Å². The van der Waals surface area contributed by atoms with E-state index >= 15 is 0 Å². The van der Waals surface area contributed by atoms with Crippen LogP contribution in [0.25, 0.3) is 0 Å². The van der Waals surface area contributed by atoms with Crippen molar-refractivity contribution in [1.29, 1.82) is 0 Å². The first-order valence-corrected chi connectivity index (χ1v) is 10.2. The molecule has 2 heterocycles. The molecule has 2 unspecified atom stereocenters. The van der Waals surface area contributed by atoms with E-state index in [0.717, 1.165) is 50.2 Å². The number of ether oxygens (including phenoxy) is 1. The van der Waals surface area contributed by atoms with Crippen molar-refractivity contribution in [2.45, 2.75) is 37.8 Å². The summed E-state index contributed by atoms with van der Waals surface area (Å²) < 4.78 is 5.42. The Kier molecular flexibility index (Phi) is 5.81. The Balaban J connectivity index is 1.42. The van der Waals surface area contributed by atoms with Crippen LogP contribution >= 0.6 is 0 Å². The summed E-state index contributed by atoms with van der Waals surface area (Å²) in [5.41, 5.74) is 3.59. The number of carbonyl (C=O) groups is 1. The standard InChI is InChI=1S/C23H29N3O2/c1-28-22-9-5-3-7-18(22)14-23(27)26-13-12-24-16-20(26)15-19-11-10-17-6-2-4-8-21(17)25-19/h2-9,19-20,24-25H,10-16H2,1H3. The molecule has 28 heavy (non-hydrogen) atoms. The number of hydrogen-bond donors (Lipinski definition) is 2. The van der Waals surface area contributed by atoms with Gasteiger partial charge in [-0.1, -0.05) is 36.4 Å². The van der Waals surface area contributed by atoms with Crippen molar-refractivity contribution in [3.8, 4) is 5.75 Å². The van der Waals surface area contributed by atoms with Crippen LogP contribution in [0.5, 0.6) is 5.75 Å². The maximum Gasteiger partial charge on any atom is 0.227 e. The molecule has 1 fully saturated rings. The van der Waals surface area contributed by atoms with Gasteiger partial charge in [-0.2, -0.15) is 0 Å². The molecule has 148 valence electrons. The van der Waals surface area contributed by atoms with Crippen LogP contribution in [-0.2, 0) is 17.6 Å². The third kappa shape index (κ3) is 4.14. The summed E-state index contributed by atoms with van der Waals surface area (Å²) in [4.78, 5) is 15.2. The zero-order valence-corrected chi connectivity index (χ0v) is 16.5. The molecule has 5 heteroatoms. The number of methoxy groups -OCH3 is 1. The first kappa shape index (κ1) is 18.8. The number of aryl methyl sites for hydroxylation is 1. The molecule has 5 nitrogen and oxygen atoms in total. The highest BCUT2D eigenvalue weighted by atomic mass is 16.5. The number of benzene rings is 2. The molecule has 1 saturated heterocycles. The van der Waals surface area contributed by atoms with Crippen molar-refractivity contribution in [1.82, 2.24) is 10.2 Å². The van der Waals surface area contributed by atoms with Crippen molar-refractivity contribution in [2.24, 2.45) is 0 Å². The Labute approximate surface area is 167 Å². The third-order valence-electron chi connectivity index (χ3n) is 5.90. The van der Waals surface area contributed by atoms with Gasteiger partial charge in [-0.05, 0) is 37.0 Å². The van der Waals surface area contributed by atoms with Crippen molar-refractivity contribution in [3.63, 3.8) is 0 Å². The SMILES string of the molecule is COc1ccccc1CC(=O)N1CCNCC1CC1CCc2ccccc2N1.